The summed E-state index contributed by atoms with van der Waals surface area (Å²) < 4.78 is 0. The SMILES string of the molecule is CCSc1cccc(NC(C)(CN)C(C)C)c1C#N. The van der Waals surface area contributed by atoms with Crippen molar-refractivity contribution in [3.05, 3.63) is 23.8 Å². The van der Waals surface area contributed by atoms with E-state index in [0.29, 0.717) is 12.5 Å². The Morgan fingerprint density at radius 2 is 2.16 bits per heavy atom. The van der Waals surface area contributed by atoms with Crippen LogP contribution in [0.25, 0.3) is 0 Å². The second-order valence-electron chi connectivity index (χ2n) is 5.12. The number of rotatable bonds is 6. The number of nitriles is 1. The lowest BCUT2D eigenvalue weighted by molar-refractivity contribution is 0.382. The molecule has 0 aliphatic carbocycles. The van der Waals surface area contributed by atoms with Gasteiger partial charge in [0.1, 0.15) is 6.07 Å². The van der Waals surface area contributed by atoms with Gasteiger partial charge >= 0.3 is 0 Å². The molecule has 0 aliphatic rings. The van der Waals surface area contributed by atoms with Crippen LogP contribution in [0, 0.1) is 17.2 Å². The molecule has 0 heterocycles. The number of hydrogen-bond acceptors (Lipinski definition) is 4. The average Bonchev–Trinajstić information content (AvgIpc) is 2.39. The minimum atomic E-state index is -0.207. The molecule has 0 aromatic heterocycles. The fourth-order valence-electron chi connectivity index (χ4n) is 1.77. The van der Waals surface area contributed by atoms with Crippen molar-refractivity contribution < 1.29 is 0 Å². The van der Waals surface area contributed by atoms with Crippen molar-refractivity contribution in [2.45, 2.75) is 38.1 Å². The fourth-order valence-corrected chi connectivity index (χ4v) is 2.55. The molecule has 4 heteroatoms. The normalized spacial score (nSPS) is 13.9. The van der Waals surface area contributed by atoms with Gasteiger partial charge in [-0.1, -0.05) is 26.8 Å². The molecule has 1 rings (SSSR count). The van der Waals surface area contributed by atoms with E-state index in [0.717, 1.165) is 21.9 Å². The Morgan fingerprint density at radius 1 is 1.47 bits per heavy atom. The molecule has 1 aromatic carbocycles. The maximum absolute atomic E-state index is 9.40. The number of benzene rings is 1. The third-order valence-corrected chi connectivity index (χ3v) is 4.50. The molecule has 1 unspecified atom stereocenters. The van der Waals surface area contributed by atoms with Gasteiger partial charge in [0.05, 0.1) is 11.3 Å². The van der Waals surface area contributed by atoms with E-state index >= 15 is 0 Å². The molecular formula is C15H23N3S. The quantitative estimate of drug-likeness (QED) is 0.782. The standard InChI is InChI=1S/C15H23N3S/c1-5-19-14-8-6-7-13(12(14)9-16)18-15(4,10-17)11(2)3/h6-8,11,18H,5,10,17H2,1-4H3. The molecule has 0 spiro atoms. The average molecular weight is 277 g/mol. The van der Waals surface area contributed by atoms with E-state index in [4.69, 9.17) is 5.73 Å². The van der Waals surface area contributed by atoms with Gasteiger partial charge in [-0.2, -0.15) is 5.26 Å². The number of thioether (sulfide) groups is 1. The van der Waals surface area contributed by atoms with Gasteiger partial charge in [-0.15, -0.1) is 11.8 Å². The van der Waals surface area contributed by atoms with E-state index in [-0.39, 0.29) is 5.54 Å². The highest BCUT2D eigenvalue weighted by molar-refractivity contribution is 7.99. The highest BCUT2D eigenvalue weighted by Crippen LogP contribution is 2.31. The van der Waals surface area contributed by atoms with E-state index in [1.807, 2.05) is 18.2 Å². The van der Waals surface area contributed by atoms with E-state index in [9.17, 15) is 5.26 Å². The van der Waals surface area contributed by atoms with Crippen molar-refractivity contribution in [3.8, 4) is 6.07 Å². The molecule has 1 aromatic rings. The molecule has 0 saturated carbocycles. The summed E-state index contributed by atoms with van der Waals surface area (Å²) in [7, 11) is 0. The Hall–Kier alpha value is -1.18. The van der Waals surface area contributed by atoms with Crippen LogP contribution in [-0.4, -0.2) is 17.8 Å². The molecular weight excluding hydrogens is 254 g/mol. The Bertz CT molecular complexity index is 465. The van der Waals surface area contributed by atoms with E-state index < -0.39 is 0 Å². The highest BCUT2D eigenvalue weighted by Gasteiger charge is 2.27. The van der Waals surface area contributed by atoms with Crippen LogP contribution in [0.4, 0.5) is 5.69 Å². The van der Waals surface area contributed by atoms with Crippen molar-refractivity contribution in [2.75, 3.05) is 17.6 Å². The molecule has 0 radical (unpaired) electrons. The predicted octanol–water partition coefficient (Wildman–Crippen LogP) is 3.46. The van der Waals surface area contributed by atoms with Crippen molar-refractivity contribution >= 4 is 17.4 Å². The van der Waals surface area contributed by atoms with Gasteiger partial charge in [-0.25, -0.2) is 0 Å². The molecule has 0 aliphatic heterocycles. The van der Waals surface area contributed by atoms with Gasteiger partial charge < -0.3 is 11.1 Å². The van der Waals surface area contributed by atoms with Gasteiger partial charge in [-0.05, 0) is 30.7 Å². The molecule has 3 N–H and O–H groups in total. The van der Waals surface area contributed by atoms with Gasteiger partial charge in [0, 0.05) is 17.0 Å². The molecule has 19 heavy (non-hydrogen) atoms. The Kier molecular flexibility index (Phi) is 5.71. The molecule has 3 nitrogen and oxygen atoms in total. The van der Waals surface area contributed by atoms with Crippen LogP contribution >= 0.6 is 11.8 Å². The van der Waals surface area contributed by atoms with Crippen molar-refractivity contribution in [1.29, 1.82) is 5.26 Å². The summed E-state index contributed by atoms with van der Waals surface area (Å²) in [6, 6.07) is 8.24. The van der Waals surface area contributed by atoms with Crippen LogP contribution in [0.15, 0.2) is 23.1 Å². The van der Waals surface area contributed by atoms with E-state index in [2.05, 4.69) is 39.1 Å². The topological polar surface area (TPSA) is 61.8 Å². The number of nitrogens with two attached hydrogens (primary N) is 1. The number of nitrogens with zero attached hydrogens (tertiary/aromatic N) is 1. The minimum Gasteiger partial charge on any atom is -0.377 e. The molecule has 0 amide bonds. The molecule has 104 valence electrons. The van der Waals surface area contributed by atoms with Crippen LogP contribution in [-0.2, 0) is 0 Å². The zero-order valence-electron chi connectivity index (χ0n) is 12.2. The maximum atomic E-state index is 9.40. The summed E-state index contributed by atoms with van der Waals surface area (Å²) in [4.78, 5) is 1.03. The summed E-state index contributed by atoms with van der Waals surface area (Å²) in [5.41, 5.74) is 7.28. The second-order valence-corrected chi connectivity index (χ2v) is 6.43. The van der Waals surface area contributed by atoms with Crippen LogP contribution in [0.5, 0.6) is 0 Å². The van der Waals surface area contributed by atoms with Crippen LogP contribution in [0.1, 0.15) is 33.3 Å². The van der Waals surface area contributed by atoms with Gasteiger partial charge in [-0.3, -0.25) is 0 Å². The first-order valence-electron chi connectivity index (χ1n) is 6.62. The smallest absolute Gasteiger partial charge is 0.102 e. The van der Waals surface area contributed by atoms with Crippen molar-refractivity contribution in [2.24, 2.45) is 11.7 Å². The lowest BCUT2D eigenvalue weighted by atomic mass is 9.88. The predicted molar refractivity (Wildman–Crippen MR) is 83.5 cm³/mol. The molecule has 0 saturated heterocycles. The Labute approximate surface area is 120 Å². The van der Waals surface area contributed by atoms with E-state index in [1.165, 1.54) is 0 Å². The largest absolute Gasteiger partial charge is 0.377 e. The van der Waals surface area contributed by atoms with Crippen LogP contribution < -0.4 is 11.1 Å². The molecule has 1 atom stereocenters. The first-order chi connectivity index (χ1) is 8.98. The second kappa shape index (κ2) is 6.83. The highest BCUT2D eigenvalue weighted by atomic mass is 32.2. The first kappa shape index (κ1) is 15.9. The third kappa shape index (κ3) is 3.65. The van der Waals surface area contributed by atoms with Gasteiger partial charge in [0.25, 0.3) is 0 Å². The summed E-state index contributed by atoms with van der Waals surface area (Å²) in [5.74, 6) is 1.34. The zero-order valence-corrected chi connectivity index (χ0v) is 13.0. The molecule has 0 fully saturated rings. The fraction of sp³-hybridized carbons (Fsp3) is 0.533. The number of nitrogens with one attached hydrogen (secondary N) is 1. The Morgan fingerprint density at radius 3 is 2.63 bits per heavy atom. The summed E-state index contributed by atoms with van der Waals surface area (Å²) in [6.07, 6.45) is 0. The van der Waals surface area contributed by atoms with E-state index in [1.54, 1.807) is 11.8 Å². The third-order valence-electron chi connectivity index (χ3n) is 3.56. The van der Waals surface area contributed by atoms with Crippen molar-refractivity contribution in [1.82, 2.24) is 0 Å². The maximum Gasteiger partial charge on any atom is 0.102 e. The van der Waals surface area contributed by atoms with Gasteiger partial charge in [0.2, 0.25) is 0 Å². The lowest BCUT2D eigenvalue weighted by Crippen LogP contribution is -2.47. The minimum absolute atomic E-state index is 0.207. The monoisotopic (exact) mass is 277 g/mol. The van der Waals surface area contributed by atoms with Crippen LogP contribution in [0.2, 0.25) is 0 Å². The zero-order chi connectivity index (χ0) is 14.5. The summed E-state index contributed by atoms with van der Waals surface area (Å²) in [6.45, 7) is 8.98. The number of hydrogen-bond donors (Lipinski definition) is 2. The van der Waals surface area contributed by atoms with Crippen LogP contribution in [0.3, 0.4) is 0 Å². The molecule has 0 bridgehead atoms. The Balaban J connectivity index is 3.14. The summed E-state index contributed by atoms with van der Waals surface area (Å²) in [5, 5.41) is 12.9. The number of anilines is 1. The van der Waals surface area contributed by atoms with Gasteiger partial charge in [0.15, 0.2) is 0 Å². The van der Waals surface area contributed by atoms with Crippen molar-refractivity contribution in [3.63, 3.8) is 0 Å². The lowest BCUT2D eigenvalue weighted by Gasteiger charge is -2.35. The summed E-state index contributed by atoms with van der Waals surface area (Å²) >= 11 is 1.69. The first-order valence-corrected chi connectivity index (χ1v) is 7.61.